The summed E-state index contributed by atoms with van der Waals surface area (Å²) >= 11 is 0. The van der Waals surface area contributed by atoms with Crippen molar-refractivity contribution in [2.75, 3.05) is 20.0 Å². The van der Waals surface area contributed by atoms with Crippen molar-refractivity contribution in [3.8, 4) is 0 Å². The van der Waals surface area contributed by atoms with Gasteiger partial charge in [-0.05, 0) is 31.4 Å². The minimum absolute atomic E-state index is 0.417. The molecule has 0 bridgehead atoms. The van der Waals surface area contributed by atoms with Gasteiger partial charge in [0.2, 0.25) is 0 Å². The van der Waals surface area contributed by atoms with Gasteiger partial charge in [-0.2, -0.15) is 0 Å². The minimum atomic E-state index is -3.49. The number of likely N-dealkylation sites (N-methyl/N-ethyl adjacent to an activating group) is 1. The topological polar surface area (TPSA) is 15.3 Å². The number of likely N-dealkylation sites (tertiary alicyclic amines) is 1. The summed E-state index contributed by atoms with van der Waals surface area (Å²) in [6.45, 7) is -10.1. The molecule has 2 atom stereocenters. The molecule has 1 aromatic carbocycles. The summed E-state index contributed by atoms with van der Waals surface area (Å²) in [5.41, 5.74) is 0.450. The van der Waals surface area contributed by atoms with Crippen molar-refractivity contribution in [3.05, 3.63) is 35.9 Å². The molecule has 88 valence electrons. The lowest BCUT2D eigenvalue weighted by Crippen LogP contribution is -2.48. The lowest BCUT2D eigenvalue weighted by Gasteiger charge is -2.37. The number of hydrogen-bond donors (Lipinski definition) is 1. The molecule has 1 saturated heterocycles. The fourth-order valence-corrected chi connectivity index (χ4v) is 1.43. The standard InChI is InChI=1S/C14H22N2/c1-12-8-9-16(11-14(12)15-2)10-13-6-4-3-5-7-13/h3-7,12,14-15H,8-11H2,1-2H3/i1D3,8D2,9D2,11D2,12D,14D. The van der Waals surface area contributed by atoms with Crippen molar-refractivity contribution in [1.29, 1.82) is 0 Å². The molecule has 1 N–H and O–H groups in total. The van der Waals surface area contributed by atoms with Crippen LogP contribution in [0.4, 0.5) is 0 Å². The van der Waals surface area contributed by atoms with E-state index < -0.39 is 44.7 Å². The second kappa shape index (κ2) is 5.46. The number of nitrogens with one attached hydrogen (secondary N) is 1. The van der Waals surface area contributed by atoms with Crippen LogP contribution in [0.3, 0.4) is 0 Å². The zero-order valence-corrected chi connectivity index (χ0v) is 9.04. The van der Waals surface area contributed by atoms with Gasteiger partial charge in [0, 0.05) is 34.1 Å². The van der Waals surface area contributed by atoms with Crippen LogP contribution in [0.25, 0.3) is 0 Å². The average Bonchev–Trinajstić information content (AvgIpc) is 2.56. The highest BCUT2D eigenvalue weighted by atomic mass is 15.2. The molecule has 1 aliphatic rings. The Bertz CT molecular complexity index is 690. The van der Waals surface area contributed by atoms with Gasteiger partial charge >= 0.3 is 0 Å². The zero-order chi connectivity index (χ0) is 21.1. The van der Waals surface area contributed by atoms with Crippen LogP contribution in [0.1, 0.15) is 33.9 Å². The van der Waals surface area contributed by atoms with Crippen LogP contribution in [0.15, 0.2) is 30.3 Å². The maximum Gasteiger partial charge on any atom is 0.0481 e. The summed E-state index contributed by atoms with van der Waals surface area (Å²) in [6.07, 6.45) is -3.42. The first-order chi connectivity index (χ1) is 12.0. The molecule has 16 heavy (non-hydrogen) atoms. The number of piperidine rings is 1. The maximum absolute atomic E-state index is 8.53. The fraction of sp³-hybridized carbons (Fsp3) is 0.571. The second-order valence-electron chi connectivity index (χ2n) is 3.42. The molecule has 1 heterocycles. The molecule has 1 aliphatic heterocycles. The van der Waals surface area contributed by atoms with Gasteiger partial charge in [0.15, 0.2) is 0 Å². The van der Waals surface area contributed by atoms with Crippen molar-refractivity contribution in [2.45, 2.75) is 25.8 Å². The zero-order valence-electron chi connectivity index (χ0n) is 20.0. The summed E-state index contributed by atoms with van der Waals surface area (Å²) in [5, 5.41) is 2.17. The summed E-state index contributed by atoms with van der Waals surface area (Å²) in [5.74, 6) is -3.44. The largest absolute Gasteiger partial charge is 0.315 e. The molecule has 1 fully saturated rings. The number of benzene rings is 1. The third-order valence-corrected chi connectivity index (χ3v) is 2.25. The first-order valence-electron chi connectivity index (χ1n) is 10.5. The normalized spacial score (nSPS) is 56.4. The Hall–Kier alpha value is -0.860. The van der Waals surface area contributed by atoms with Gasteiger partial charge in [-0.1, -0.05) is 37.2 Å². The van der Waals surface area contributed by atoms with Crippen molar-refractivity contribution in [1.82, 2.24) is 10.2 Å². The van der Waals surface area contributed by atoms with E-state index in [1.54, 1.807) is 30.3 Å². The van der Waals surface area contributed by atoms with E-state index in [0.29, 0.717) is 10.5 Å². The Morgan fingerprint density at radius 3 is 3.06 bits per heavy atom. The lowest BCUT2D eigenvalue weighted by molar-refractivity contribution is 0.147. The Balaban J connectivity index is 2.77. The van der Waals surface area contributed by atoms with Crippen LogP contribution in [0.2, 0.25) is 0 Å². The van der Waals surface area contributed by atoms with E-state index in [1.807, 2.05) is 0 Å². The average molecular weight is 229 g/mol. The van der Waals surface area contributed by atoms with Crippen LogP contribution >= 0.6 is 0 Å². The van der Waals surface area contributed by atoms with Gasteiger partial charge < -0.3 is 5.32 Å². The maximum atomic E-state index is 8.53. The highest BCUT2D eigenvalue weighted by molar-refractivity contribution is 5.14. The van der Waals surface area contributed by atoms with Crippen LogP contribution in [-0.2, 0) is 6.54 Å². The molecule has 0 saturated carbocycles. The van der Waals surface area contributed by atoms with Gasteiger partial charge in [0.25, 0.3) is 0 Å². The van der Waals surface area contributed by atoms with Crippen molar-refractivity contribution < 1.29 is 15.1 Å². The molecule has 0 radical (unpaired) electrons. The monoisotopic (exact) mass is 229 g/mol. The molecule has 0 aromatic heterocycles. The van der Waals surface area contributed by atoms with Gasteiger partial charge in [-0.25, -0.2) is 0 Å². The molecule has 0 aliphatic carbocycles. The van der Waals surface area contributed by atoms with E-state index in [1.165, 1.54) is 0 Å². The summed E-state index contributed by atoms with van der Waals surface area (Å²) in [7, 11) is 1.07. The highest BCUT2D eigenvalue weighted by Gasteiger charge is 2.24. The second-order valence-corrected chi connectivity index (χ2v) is 3.42. The van der Waals surface area contributed by atoms with E-state index in [9.17, 15) is 0 Å². The van der Waals surface area contributed by atoms with Crippen molar-refractivity contribution in [3.63, 3.8) is 0 Å². The lowest BCUT2D eigenvalue weighted by atomic mass is 9.93. The smallest absolute Gasteiger partial charge is 0.0481 e. The van der Waals surface area contributed by atoms with Gasteiger partial charge in [-0.3, -0.25) is 4.90 Å². The van der Waals surface area contributed by atoms with E-state index in [4.69, 9.17) is 15.1 Å². The van der Waals surface area contributed by atoms with E-state index >= 15 is 0 Å². The van der Waals surface area contributed by atoms with E-state index in [2.05, 4.69) is 5.32 Å². The predicted octanol–water partition coefficient (Wildman–Crippen LogP) is 2.12. The molecule has 2 rings (SSSR count). The first-order valence-corrected chi connectivity index (χ1v) is 5.03. The number of hydrogen-bond acceptors (Lipinski definition) is 2. The fourth-order valence-electron chi connectivity index (χ4n) is 1.43. The molecule has 0 spiro atoms. The Morgan fingerprint density at radius 2 is 2.38 bits per heavy atom. The molecular formula is C14H22N2. The molecule has 2 heteroatoms. The van der Waals surface area contributed by atoms with E-state index in [-0.39, 0.29) is 0 Å². The summed E-state index contributed by atoms with van der Waals surface area (Å²) in [4.78, 5) is 0.483. The molecule has 0 amide bonds. The third kappa shape index (κ3) is 2.83. The highest BCUT2D eigenvalue weighted by Crippen LogP contribution is 2.18. The summed E-state index contributed by atoms with van der Waals surface area (Å²) in [6, 6.07) is 5.14. The quantitative estimate of drug-likeness (QED) is 0.854. The molecule has 2 nitrogen and oxygen atoms in total. The molecule has 1 aromatic rings. The van der Waals surface area contributed by atoms with Crippen LogP contribution in [0.5, 0.6) is 0 Å². The number of nitrogens with zero attached hydrogens (tertiary/aromatic N) is 1. The van der Waals surface area contributed by atoms with Gasteiger partial charge in [0.1, 0.15) is 0 Å². The first kappa shape index (κ1) is 4.11. The Morgan fingerprint density at radius 1 is 1.56 bits per heavy atom. The predicted molar refractivity (Wildman–Crippen MR) is 68.3 cm³/mol. The van der Waals surface area contributed by atoms with Crippen LogP contribution < -0.4 is 5.32 Å². The number of rotatable bonds is 3. The third-order valence-electron chi connectivity index (χ3n) is 2.25. The molecule has 2 unspecified atom stereocenters. The van der Waals surface area contributed by atoms with Crippen molar-refractivity contribution in [2.24, 2.45) is 5.89 Å². The minimum Gasteiger partial charge on any atom is -0.315 e. The van der Waals surface area contributed by atoms with E-state index in [0.717, 1.165) is 7.05 Å². The van der Waals surface area contributed by atoms with Crippen molar-refractivity contribution >= 4 is 0 Å². The summed E-state index contributed by atoms with van der Waals surface area (Å²) < 4.78 is 89.8. The van der Waals surface area contributed by atoms with Crippen LogP contribution in [-0.4, -0.2) is 31.0 Å². The van der Waals surface area contributed by atoms with Gasteiger partial charge in [0.05, 0.1) is 0 Å². The SMILES string of the molecule is [2H]C([2H])([2H])C1([2H])C([2H])([2H])C([2H])([2H])N(Cc2ccccc2)C([2H])([2H])C1([2H])NC. The Kier molecular flexibility index (Phi) is 1.40. The Labute approximate surface area is 114 Å². The molecular weight excluding hydrogens is 196 g/mol. The van der Waals surface area contributed by atoms with Crippen LogP contribution in [0, 0.1) is 5.89 Å². The van der Waals surface area contributed by atoms with Gasteiger partial charge in [-0.15, -0.1) is 0 Å².